The van der Waals surface area contributed by atoms with Crippen LogP contribution >= 0.6 is 0 Å². The fraction of sp³-hybridized carbons (Fsp3) is 0.345. The number of amides is 1. The van der Waals surface area contributed by atoms with Gasteiger partial charge >= 0.3 is 0 Å². The van der Waals surface area contributed by atoms with E-state index in [1.54, 1.807) is 7.11 Å². The van der Waals surface area contributed by atoms with E-state index in [0.717, 1.165) is 73.9 Å². The molecule has 6 nitrogen and oxygen atoms in total. The van der Waals surface area contributed by atoms with Crippen LogP contribution in [-0.4, -0.2) is 57.2 Å². The lowest BCUT2D eigenvalue weighted by molar-refractivity contribution is 0.0952. The van der Waals surface area contributed by atoms with Gasteiger partial charge in [0.05, 0.1) is 12.8 Å². The van der Waals surface area contributed by atoms with Crippen LogP contribution in [-0.2, 0) is 6.61 Å². The molecule has 35 heavy (non-hydrogen) atoms. The Labute approximate surface area is 208 Å². The number of hydrogen-bond donors (Lipinski definition) is 1. The Morgan fingerprint density at radius 1 is 0.886 bits per heavy atom. The van der Waals surface area contributed by atoms with E-state index < -0.39 is 0 Å². The normalized spacial score (nSPS) is 13.9. The predicted octanol–water partition coefficient (Wildman–Crippen LogP) is 4.61. The van der Waals surface area contributed by atoms with Crippen LogP contribution in [0.2, 0.25) is 0 Å². The van der Waals surface area contributed by atoms with Crippen LogP contribution in [0.15, 0.2) is 78.9 Å². The van der Waals surface area contributed by atoms with Crippen molar-refractivity contribution in [3.63, 3.8) is 0 Å². The molecule has 184 valence electrons. The molecular weight excluding hydrogens is 438 g/mol. The summed E-state index contributed by atoms with van der Waals surface area (Å²) < 4.78 is 11.5. The molecule has 0 saturated carbocycles. The molecule has 0 aliphatic carbocycles. The average molecular weight is 474 g/mol. The monoisotopic (exact) mass is 473 g/mol. The molecule has 6 heteroatoms. The van der Waals surface area contributed by atoms with Gasteiger partial charge in [0.15, 0.2) is 0 Å². The first-order chi connectivity index (χ1) is 17.2. The molecule has 1 aliphatic rings. The number of carbonyl (C=O) groups excluding carboxylic acids is 1. The third-order valence-electron chi connectivity index (χ3n) is 6.33. The summed E-state index contributed by atoms with van der Waals surface area (Å²) in [5, 5.41) is 3.01. The van der Waals surface area contributed by atoms with Gasteiger partial charge in [0.2, 0.25) is 0 Å². The molecule has 3 aromatic rings. The predicted molar refractivity (Wildman–Crippen MR) is 140 cm³/mol. The summed E-state index contributed by atoms with van der Waals surface area (Å²) in [6.45, 7) is 6.29. The lowest BCUT2D eigenvalue weighted by atomic mass is 10.2. The highest BCUT2D eigenvalue weighted by Crippen LogP contribution is 2.30. The third-order valence-corrected chi connectivity index (χ3v) is 6.33. The fourth-order valence-electron chi connectivity index (χ4n) is 4.33. The molecule has 0 radical (unpaired) electrons. The molecule has 0 bridgehead atoms. The number of methoxy groups -OCH3 is 1. The first-order valence-corrected chi connectivity index (χ1v) is 12.4. The first-order valence-electron chi connectivity index (χ1n) is 12.4. The summed E-state index contributed by atoms with van der Waals surface area (Å²) in [6, 6.07) is 25.7. The van der Waals surface area contributed by atoms with Crippen molar-refractivity contribution in [2.24, 2.45) is 0 Å². The van der Waals surface area contributed by atoms with E-state index >= 15 is 0 Å². The van der Waals surface area contributed by atoms with Gasteiger partial charge < -0.3 is 19.7 Å². The number of anilines is 1. The number of hydrogen-bond acceptors (Lipinski definition) is 5. The number of carbonyl (C=O) groups is 1. The summed E-state index contributed by atoms with van der Waals surface area (Å²) in [4.78, 5) is 17.0. The number of unbranched alkanes of at least 4 members (excludes halogenated alkanes) is 1. The Bertz CT molecular complexity index is 1070. The minimum absolute atomic E-state index is 0.00602. The van der Waals surface area contributed by atoms with Crippen LogP contribution in [0.1, 0.15) is 28.8 Å². The highest BCUT2D eigenvalue weighted by Gasteiger charge is 2.19. The van der Waals surface area contributed by atoms with Gasteiger partial charge in [-0.05, 0) is 61.3 Å². The summed E-state index contributed by atoms with van der Waals surface area (Å²) >= 11 is 0. The quantitative estimate of drug-likeness (QED) is 0.412. The van der Waals surface area contributed by atoms with Crippen molar-refractivity contribution >= 4 is 11.6 Å². The van der Waals surface area contributed by atoms with E-state index in [-0.39, 0.29) is 5.91 Å². The topological polar surface area (TPSA) is 54.0 Å². The summed E-state index contributed by atoms with van der Waals surface area (Å²) in [7, 11) is 1.68. The minimum atomic E-state index is 0.00602. The molecule has 4 rings (SSSR count). The number of piperazine rings is 1. The maximum absolute atomic E-state index is 12.1. The molecule has 0 spiro atoms. The Kier molecular flexibility index (Phi) is 9.01. The van der Waals surface area contributed by atoms with Crippen molar-refractivity contribution < 1.29 is 14.3 Å². The standard InChI is InChI=1S/C29H35N3O3/c1-34-26-13-9-10-24(22-26)23-35-28-15-6-5-14-27(28)32-20-18-31(19-21-32)17-8-7-16-30-29(33)25-11-3-2-4-12-25/h2-6,9-15,22H,7-8,16-21,23H2,1H3,(H,30,33). The number of nitrogens with zero attached hydrogens (tertiary/aromatic N) is 2. The van der Waals surface area contributed by atoms with Gasteiger partial charge in [-0.1, -0.05) is 42.5 Å². The highest BCUT2D eigenvalue weighted by atomic mass is 16.5. The van der Waals surface area contributed by atoms with Crippen LogP contribution in [0.3, 0.4) is 0 Å². The van der Waals surface area contributed by atoms with Crippen LogP contribution in [0.5, 0.6) is 11.5 Å². The zero-order valence-corrected chi connectivity index (χ0v) is 20.5. The lowest BCUT2D eigenvalue weighted by Gasteiger charge is -2.36. The smallest absolute Gasteiger partial charge is 0.251 e. The van der Waals surface area contributed by atoms with Gasteiger partial charge in [-0.15, -0.1) is 0 Å². The largest absolute Gasteiger partial charge is 0.497 e. The number of rotatable bonds is 11. The van der Waals surface area contributed by atoms with Gasteiger partial charge in [-0.25, -0.2) is 0 Å². The molecule has 0 atom stereocenters. The Hall–Kier alpha value is -3.51. The van der Waals surface area contributed by atoms with E-state index in [9.17, 15) is 4.79 Å². The average Bonchev–Trinajstić information content (AvgIpc) is 2.93. The SMILES string of the molecule is COc1cccc(COc2ccccc2N2CCN(CCCCNC(=O)c3ccccc3)CC2)c1. The van der Waals surface area contributed by atoms with Crippen LogP contribution in [0.4, 0.5) is 5.69 Å². The van der Waals surface area contributed by atoms with Gasteiger partial charge in [-0.3, -0.25) is 9.69 Å². The molecule has 3 aromatic carbocycles. The molecule has 1 fully saturated rings. The first kappa shape index (κ1) is 24.6. The van der Waals surface area contributed by atoms with Crippen LogP contribution in [0, 0.1) is 0 Å². The molecular formula is C29H35N3O3. The van der Waals surface area contributed by atoms with Gasteiger partial charge in [-0.2, -0.15) is 0 Å². The van der Waals surface area contributed by atoms with Crippen LogP contribution < -0.4 is 19.7 Å². The second kappa shape index (κ2) is 12.8. The molecule has 1 aliphatic heterocycles. The zero-order chi connectivity index (χ0) is 24.3. The highest BCUT2D eigenvalue weighted by molar-refractivity contribution is 5.94. The summed E-state index contributed by atoms with van der Waals surface area (Å²) in [6.07, 6.45) is 2.06. The molecule has 1 amide bonds. The van der Waals surface area contributed by atoms with Crippen molar-refractivity contribution in [2.75, 3.05) is 51.3 Å². The molecule has 1 saturated heterocycles. The molecule has 0 aromatic heterocycles. The van der Waals surface area contributed by atoms with Crippen molar-refractivity contribution in [1.29, 1.82) is 0 Å². The van der Waals surface area contributed by atoms with Gasteiger partial charge in [0.25, 0.3) is 5.91 Å². The number of benzene rings is 3. The summed E-state index contributed by atoms with van der Waals surface area (Å²) in [5.74, 6) is 1.76. The maximum Gasteiger partial charge on any atom is 0.251 e. The zero-order valence-electron chi connectivity index (χ0n) is 20.5. The lowest BCUT2D eigenvalue weighted by Crippen LogP contribution is -2.46. The summed E-state index contributed by atoms with van der Waals surface area (Å²) in [5.41, 5.74) is 2.96. The van der Waals surface area contributed by atoms with Gasteiger partial charge in [0, 0.05) is 38.3 Å². The van der Waals surface area contributed by atoms with Crippen molar-refractivity contribution in [3.8, 4) is 11.5 Å². The Balaban J connectivity index is 1.18. The fourth-order valence-corrected chi connectivity index (χ4v) is 4.33. The number of para-hydroxylation sites is 2. The number of ether oxygens (including phenoxy) is 2. The van der Waals surface area contributed by atoms with E-state index in [1.165, 1.54) is 0 Å². The Morgan fingerprint density at radius 2 is 1.66 bits per heavy atom. The third kappa shape index (κ3) is 7.23. The van der Waals surface area contributed by atoms with Crippen molar-refractivity contribution in [3.05, 3.63) is 90.0 Å². The minimum Gasteiger partial charge on any atom is -0.497 e. The Morgan fingerprint density at radius 3 is 2.46 bits per heavy atom. The molecule has 0 unspecified atom stereocenters. The van der Waals surface area contributed by atoms with Crippen molar-refractivity contribution in [1.82, 2.24) is 10.2 Å². The van der Waals surface area contributed by atoms with E-state index in [1.807, 2.05) is 60.7 Å². The molecule has 1 N–H and O–H groups in total. The maximum atomic E-state index is 12.1. The van der Waals surface area contributed by atoms with E-state index in [4.69, 9.17) is 9.47 Å². The van der Waals surface area contributed by atoms with E-state index in [2.05, 4.69) is 33.3 Å². The second-order valence-corrected chi connectivity index (χ2v) is 8.77. The van der Waals surface area contributed by atoms with Crippen LogP contribution in [0.25, 0.3) is 0 Å². The molecule has 1 heterocycles. The number of nitrogens with one attached hydrogen (secondary N) is 1. The van der Waals surface area contributed by atoms with E-state index in [0.29, 0.717) is 13.2 Å². The van der Waals surface area contributed by atoms with Crippen molar-refractivity contribution in [2.45, 2.75) is 19.4 Å². The van der Waals surface area contributed by atoms with Gasteiger partial charge in [0.1, 0.15) is 18.1 Å². The second-order valence-electron chi connectivity index (χ2n) is 8.77.